The molecule has 0 spiro atoms. The first-order valence-electron chi connectivity index (χ1n) is 11.7. The minimum Gasteiger partial charge on any atom is -0.379 e. The van der Waals surface area contributed by atoms with Gasteiger partial charge in [-0.05, 0) is 56.5 Å². The Morgan fingerprint density at radius 2 is 1.66 bits per heavy atom. The molecule has 32 heavy (non-hydrogen) atoms. The van der Waals surface area contributed by atoms with Gasteiger partial charge in [-0.2, -0.15) is 4.31 Å². The van der Waals surface area contributed by atoms with Gasteiger partial charge in [0.05, 0.1) is 18.1 Å². The summed E-state index contributed by atoms with van der Waals surface area (Å²) in [5.41, 5.74) is 2.79. The van der Waals surface area contributed by atoms with Crippen LogP contribution in [0.2, 0.25) is 0 Å². The summed E-state index contributed by atoms with van der Waals surface area (Å²) in [6, 6.07) is 3.70. The second kappa shape index (κ2) is 11.6. The summed E-state index contributed by atoms with van der Waals surface area (Å²) in [7, 11) is -3.69. The van der Waals surface area contributed by atoms with E-state index in [0.717, 1.165) is 69.0 Å². The number of hydrogen-bond acceptors (Lipinski definition) is 6. The molecular weight excluding hydrogens is 428 g/mol. The number of nitrogens with one attached hydrogen (secondary N) is 1. The van der Waals surface area contributed by atoms with E-state index in [1.165, 1.54) is 4.31 Å². The number of benzene rings is 1. The van der Waals surface area contributed by atoms with Gasteiger partial charge in [-0.25, -0.2) is 8.42 Å². The van der Waals surface area contributed by atoms with E-state index in [4.69, 9.17) is 4.74 Å². The zero-order chi connectivity index (χ0) is 23.1. The second-order valence-corrected chi connectivity index (χ2v) is 10.7. The highest BCUT2D eigenvalue weighted by Gasteiger charge is 2.28. The van der Waals surface area contributed by atoms with Crippen molar-refractivity contribution in [2.45, 2.75) is 38.5 Å². The molecule has 180 valence electrons. The molecule has 2 aliphatic heterocycles. The Balaban J connectivity index is 1.72. The van der Waals surface area contributed by atoms with Crippen molar-refractivity contribution >= 4 is 15.9 Å². The SMILES string of the molecule is Cc1cc(C)c(S(=O)(=O)N(CCCN2CCOCC2)CCC(=O)N2CCNCC2)cc1C. The topological polar surface area (TPSA) is 82.2 Å². The van der Waals surface area contributed by atoms with Crippen LogP contribution < -0.4 is 5.32 Å². The number of aryl methyl sites for hydroxylation is 3. The molecule has 1 amide bonds. The van der Waals surface area contributed by atoms with E-state index >= 15 is 0 Å². The number of carbonyl (C=O) groups is 1. The molecule has 0 saturated carbocycles. The van der Waals surface area contributed by atoms with Crippen molar-refractivity contribution in [1.29, 1.82) is 0 Å². The molecule has 0 aromatic heterocycles. The predicted octanol–water partition coefficient (Wildman–Crippen LogP) is 1.15. The molecule has 0 radical (unpaired) electrons. The number of nitrogens with zero attached hydrogens (tertiary/aromatic N) is 3. The lowest BCUT2D eigenvalue weighted by Crippen LogP contribution is -2.47. The first-order chi connectivity index (χ1) is 15.3. The highest BCUT2D eigenvalue weighted by Crippen LogP contribution is 2.24. The zero-order valence-electron chi connectivity index (χ0n) is 19.7. The van der Waals surface area contributed by atoms with Crippen molar-refractivity contribution in [1.82, 2.24) is 19.4 Å². The lowest BCUT2D eigenvalue weighted by Gasteiger charge is -2.30. The molecule has 0 unspecified atom stereocenters. The first-order valence-corrected chi connectivity index (χ1v) is 13.1. The number of ether oxygens (including phenoxy) is 1. The average Bonchev–Trinajstić information content (AvgIpc) is 2.79. The third-order valence-corrected chi connectivity index (χ3v) is 8.48. The van der Waals surface area contributed by atoms with Gasteiger partial charge in [-0.3, -0.25) is 9.69 Å². The molecule has 1 N–H and O–H groups in total. The molecule has 0 atom stereocenters. The van der Waals surface area contributed by atoms with Gasteiger partial charge >= 0.3 is 0 Å². The maximum absolute atomic E-state index is 13.6. The minimum absolute atomic E-state index is 0.0247. The number of morpholine rings is 1. The van der Waals surface area contributed by atoms with Gasteiger partial charge in [0.15, 0.2) is 0 Å². The van der Waals surface area contributed by atoms with Crippen LogP contribution in [0.1, 0.15) is 29.5 Å². The van der Waals surface area contributed by atoms with Crippen LogP contribution in [0.5, 0.6) is 0 Å². The number of sulfonamides is 1. The van der Waals surface area contributed by atoms with Gasteiger partial charge in [0.25, 0.3) is 0 Å². The first kappa shape index (κ1) is 25.1. The normalized spacial score (nSPS) is 18.3. The van der Waals surface area contributed by atoms with Crippen molar-refractivity contribution in [2.24, 2.45) is 0 Å². The van der Waals surface area contributed by atoms with Crippen LogP contribution in [0.3, 0.4) is 0 Å². The Hall–Kier alpha value is -1.52. The number of amides is 1. The standard InChI is InChI=1S/C23H38N4O4S/c1-19-17-21(3)22(18-20(19)2)32(29,30)27(9-4-8-25-13-15-31-16-14-25)10-5-23(28)26-11-6-24-7-12-26/h17-18,24H,4-16H2,1-3H3. The molecule has 3 rings (SSSR count). The molecule has 2 fully saturated rings. The van der Waals surface area contributed by atoms with Gasteiger partial charge in [0, 0.05) is 58.8 Å². The number of hydrogen-bond donors (Lipinski definition) is 1. The van der Waals surface area contributed by atoms with Gasteiger partial charge in [0.2, 0.25) is 15.9 Å². The molecule has 1 aromatic rings. The van der Waals surface area contributed by atoms with Crippen molar-refractivity contribution < 1.29 is 17.9 Å². The fraction of sp³-hybridized carbons (Fsp3) is 0.696. The van der Waals surface area contributed by atoms with Gasteiger partial charge in [-0.15, -0.1) is 0 Å². The summed E-state index contributed by atoms with van der Waals surface area (Å²) in [6.45, 7) is 13.4. The maximum Gasteiger partial charge on any atom is 0.243 e. The monoisotopic (exact) mass is 466 g/mol. The van der Waals surface area contributed by atoms with E-state index in [0.29, 0.717) is 24.5 Å². The molecule has 2 aliphatic rings. The Bertz CT molecular complexity index is 878. The molecular formula is C23H38N4O4S. The van der Waals surface area contributed by atoms with E-state index in [9.17, 15) is 13.2 Å². The summed E-state index contributed by atoms with van der Waals surface area (Å²) in [5.74, 6) is 0.0247. The Morgan fingerprint density at radius 1 is 1.00 bits per heavy atom. The van der Waals surface area contributed by atoms with E-state index in [1.54, 1.807) is 6.07 Å². The zero-order valence-corrected chi connectivity index (χ0v) is 20.5. The molecule has 9 heteroatoms. The molecule has 8 nitrogen and oxygen atoms in total. The van der Waals surface area contributed by atoms with Crippen LogP contribution in [0.4, 0.5) is 0 Å². The van der Waals surface area contributed by atoms with E-state index < -0.39 is 10.0 Å². The number of piperazine rings is 1. The Morgan fingerprint density at radius 3 is 2.34 bits per heavy atom. The Labute approximate surface area is 192 Å². The van der Waals surface area contributed by atoms with Crippen molar-refractivity contribution in [3.63, 3.8) is 0 Å². The molecule has 0 bridgehead atoms. The number of rotatable bonds is 9. The predicted molar refractivity (Wildman–Crippen MR) is 125 cm³/mol. The fourth-order valence-corrected chi connectivity index (χ4v) is 6.06. The van der Waals surface area contributed by atoms with E-state index in [1.807, 2.05) is 31.7 Å². The second-order valence-electron chi connectivity index (χ2n) is 8.79. The molecule has 2 saturated heterocycles. The summed E-state index contributed by atoms with van der Waals surface area (Å²) < 4.78 is 34.2. The Kier molecular flexibility index (Phi) is 9.07. The lowest BCUT2D eigenvalue weighted by molar-refractivity contribution is -0.131. The van der Waals surface area contributed by atoms with Crippen molar-refractivity contribution in [3.8, 4) is 0 Å². The summed E-state index contributed by atoms with van der Waals surface area (Å²) in [4.78, 5) is 17.2. The fourth-order valence-electron chi connectivity index (χ4n) is 4.29. The molecule has 2 heterocycles. The third-order valence-electron chi connectivity index (χ3n) is 6.44. The van der Waals surface area contributed by atoms with Crippen LogP contribution in [-0.4, -0.2) is 101 Å². The summed E-state index contributed by atoms with van der Waals surface area (Å²) in [5, 5.41) is 3.24. The number of carbonyl (C=O) groups excluding carboxylic acids is 1. The van der Waals surface area contributed by atoms with Crippen molar-refractivity contribution in [3.05, 3.63) is 28.8 Å². The quantitative estimate of drug-likeness (QED) is 0.588. The highest BCUT2D eigenvalue weighted by atomic mass is 32.2. The molecule has 0 aliphatic carbocycles. The smallest absolute Gasteiger partial charge is 0.243 e. The van der Waals surface area contributed by atoms with Crippen LogP contribution in [0.15, 0.2) is 17.0 Å². The van der Waals surface area contributed by atoms with Crippen LogP contribution in [0.25, 0.3) is 0 Å². The van der Waals surface area contributed by atoms with Crippen LogP contribution in [0, 0.1) is 20.8 Å². The van der Waals surface area contributed by atoms with E-state index in [-0.39, 0.29) is 18.9 Å². The van der Waals surface area contributed by atoms with Crippen LogP contribution >= 0.6 is 0 Å². The van der Waals surface area contributed by atoms with Gasteiger partial charge < -0.3 is 15.0 Å². The lowest BCUT2D eigenvalue weighted by atomic mass is 10.1. The summed E-state index contributed by atoms with van der Waals surface area (Å²) >= 11 is 0. The van der Waals surface area contributed by atoms with Gasteiger partial charge in [0.1, 0.15) is 0 Å². The minimum atomic E-state index is -3.69. The highest BCUT2D eigenvalue weighted by molar-refractivity contribution is 7.89. The van der Waals surface area contributed by atoms with Gasteiger partial charge in [-0.1, -0.05) is 6.07 Å². The van der Waals surface area contributed by atoms with Crippen LogP contribution in [-0.2, 0) is 19.6 Å². The largest absolute Gasteiger partial charge is 0.379 e. The maximum atomic E-state index is 13.6. The summed E-state index contributed by atoms with van der Waals surface area (Å²) in [6.07, 6.45) is 0.936. The van der Waals surface area contributed by atoms with Crippen molar-refractivity contribution in [2.75, 3.05) is 72.1 Å². The van der Waals surface area contributed by atoms with E-state index in [2.05, 4.69) is 10.2 Å². The molecule has 1 aromatic carbocycles. The third kappa shape index (κ3) is 6.51. The average molecular weight is 467 g/mol.